The van der Waals surface area contributed by atoms with Crippen LogP contribution in [-0.2, 0) is 0 Å². The Morgan fingerprint density at radius 3 is 2.44 bits per heavy atom. The van der Waals surface area contributed by atoms with Crippen molar-refractivity contribution in [1.82, 2.24) is 0 Å². The standard InChI is InChI=1S/C16H22O2/c1-11-9-12(2)16(18-3)14(10-11)15(17)13-7-5-4-6-8-13/h9-10,13H,4-8H2,1-3H3. The monoisotopic (exact) mass is 246 g/mol. The number of carbonyl (C=O) groups excluding carboxylic acids is 1. The van der Waals surface area contributed by atoms with Crippen LogP contribution >= 0.6 is 0 Å². The average Bonchev–Trinajstić information content (AvgIpc) is 2.38. The fourth-order valence-corrected chi connectivity index (χ4v) is 2.99. The molecule has 1 aliphatic rings. The molecule has 1 aromatic carbocycles. The van der Waals surface area contributed by atoms with Gasteiger partial charge in [0.15, 0.2) is 5.78 Å². The summed E-state index contributed by atoms with van der Waals surface area (Å²) in [4.78, 5) is 12.6. The van der Waals surface area contributed by atoms with E-state index in [1.54, 1.807) is 7.11 Å². The topological polar surface area (TPSA) is 26.3 Å². The maximum atomic E-state index is 12.6. The number of benzene rings is 1. The van der Waals surface area contributed by atoms with Crippen molar-refractivity contribution in [3.63, 3.8) is 0 Å². The molecule has 0 aliphatic heterocycles. The third-order valence-corrected chi connectivity index (χ3v) is 3.86. The highest BCUT2D eigenvalue weighted by Crippen LogP contribution is 2.32. The van der Waals surface area contributed by atoms with Crippen LogP contribution in [0.25, 0.3) is 0 Å². The molecule has 0 saturated heterocycles. The quantitative estimate of drug-likeness (QED) is 0.751. The van der Waals surface area contributed by atoms with Gasteiger partial charge in [-0.25, -0.2) is 0 Å². The SMILES string of the molecule is COc1c(C)cc(C)cc1C(=O)C1CCCCC1. The molecule has 0 bridgehead atoms. The van der Waals surface area contributed by atoms with Crippen LogP contribution in [0.15, 0.2) is 12.1 Å². The summed E-state index contributed by atoms with van der Waals surface area (Å²) in [7, 11) is 1.65. The molecule has 1 saturated carbocycles. The zero-order valence-electron chi connectivity index (χ0n) is 11.6. The molecule has 1 aromatic rings. The smallest absolute Gasteiger partial charge is 0.169 e. The van der Waals surface area contributed by atoms with E-state index in [2.05, 4.69) is 6.07 Å². The van der Waals surface area contributed by atoms with Gasteiger partial charge in [0.1, 0.15) is 5.75 Å². The van der Waals surface area contributed by atoms with Crippen LogP contribution in [0.2, 0.25) is 0 Å². The van der Waals surface area contributed by atoms with E-state index in [0.717, 1.165) is 35.3 Å². The number of carbonyl (C=O) groups is 1. The lowest BCUT2D eigenvalue weighted by molar-refractivity contribution is 0.0886. The number of methoxy groups -OCH3 is 1. The summed E-state index contributed by atoms with van der Waals surface area (Å²) in [5.74, 6) is 1.24. The average molecular weight is 246 g/mol. The third-order valence-electron chi connectivity index (χ3n) is 3.86. The Hall–Kier alpha value is -1.31. The minimum atomic E-state index is 0.203. The molecule has 0 N–H and O–H groups in total. The molecule has 0 atom stereocenters. The first kappa shape index (κ1) is 13.1. The van der Waals surface area contributed by atoms with E-state index in [-0.39, 0.29) is 11.7 Å². The van der Waals surface area contributed by atoms with Gasteiger partial charge in [-0.2, -0.15) is 0 Å². The van der Waals surface area contributed by atoms with Crippen molar-refractivity contribution in [3.8, 4) is 5.75 Å². The third kappa shape index (κ3) is 2.58. The van der Waals surface area contributed by atoms with Gasteiger partial charge in [-0.05, 0) is 43.9 Å². The first-order valence-corrected chi connectivity index (χ1v) is 6.83. The molecular formula is C16H22O2. The second kappa shape index (κ2) is 5.55. The van der Waals surface area contributed by atoms with Crippen molar-refractivity contribution >= 4 is 5.78 Å². The maximum absolute atomic E-state index is 12.6. The summed E-state index contributed by atoms with van der Waals surface area (Å²) in [6.45, 7) is 4.04. The summed E-state index contributed by atoms with van der Waals surface area (Å²) in [5.41, 5.74) is 2.96. The molecule has 0 amide bonds. The number of hydrogen-bond acceptors (Lipinski definition) is 2. The van der Waals surface area contributed by atoms with Gasteiger partial charge in [-0.15, -0.1) is 0 Å². The number of ketones is 1. The van der Waals surface area contributed by atoms with Crippen molar-refractivity contribution in [2.24, 2.45) is 5.92 Å². The highest BCUT2D eigenvalue weighted by Gasteiger charge is 2.25. The molecule has 1 aliphatic carbocycles. The first-order chi connectivity index (χ1) is 8.63. The second-order valence-electron chi connectivity index (χ2n) is 5.36. The minimum Gasteiger partial charge on any atom is -0.496 e. The normalized spacial score (nSPS) is 16.6. The van der Waals surface area contributed by atoms with Crippen LogP contribution in [0, 0.1) is 19.8 Å². The molecule has 2 nitrogen and oxygen atoms in total. The van der Waals surface area contributed by atoms with Gasteiger partial charge < -0.3 is 4.74 Å². The van der Waals surface area contributed by atoms with Crippen LogP contribution in [0.5, 0.6) is 5.75 Å². The van der Waals surface area contributed by atoms with Crippen LogP contribution in [-0.4, -0.2) is 12.9 Å². The second-order valence-corrected chi connectivity index (χ2v) is 5.36. The van der Waals surface area contributed by atoms with Gasteiger partial charge in [-0.1, -0.05) is 25.3 Å². The van der Waals surface area contributed by atoms with Gasteiger partial charge in [0.05, 0.1) is 12.7 Å². The Balaban J connectivity index is 2.33. The molecule has 1 fully saturated rings. The molecule has 2 rings (SSSR count). The van der Waals surface area contributed by atoms with E-state index in [0.29, 0.717) is 0 Å². The molecule has 0 radical (unpaired) electrons. The summed E-state index contributed by atoms with van der Waals surface area (Å²) in [5, 5.41) is 0. The van der Waals surface area contributed by atoms with Crippen molar-refractivity contribution < 1.29 is 9.53 Å². The van der Waals surface area contributed by atoms with Crippen LogP contribution in [0.1, 0.15) is 53.6 Å². The predicted octanol–water partition coefficient (Wildman–Crippen LogP) is 4.08. The van der Waals surface area contributed by atoms with E-state index in [1.165, 1.54) is 19.3 Å². The van der Waals surface area contributed by atoms with Gasteiger partial charge in [0.25, 0.3) is 0 Å². The Morgan fingerprint density at radius 2 is 1.83 bits per heavy atom. The molecule has 0 heterocycles. The Kier molecular flexibility index (Phi) is 4.05. The minimum absolute atomic E-state index is 0.203. The largest absolute Gasteiger partial charge is 0.496 e. The number of rotatable bonds is 3. The number of Topliss-reactive ketones (excluding diaryl/α,β-unsaturated/α-hetero) is 1. The summed E-state index contributed by atoms with van der Waals surface area (Å²) < 4.78 is 5.42. The zero-order chi connectivity index (χ0) is 13.1. The lowest BCUT2D eigenvalue weighted by atomic mass is 9.83. The fraction of sp³-hybridized carbons (Fsp3) is 0.562. The lowest BCUT2D eigenvalue weighted by Crippen LogP contribution is -2.19. The van der Waals surface area contributed by atoms with Crippen LogP contribution in [0.3, 0.4) is 0 Å². The van der Waals surface area contributed by atoms with Crippen LogP contribution < -0.4 is 4.74 Å². The van der Waals surface area contributed by atoms with Gasteiger partial charge >= 0.3 is 0 Å². The highest BCUT2D eigenvalue weighted by molar-refractivity contribution is 6.00. The summed E-state index contributed by atoms with van der Waals surface area (Å²) >= 11 is 0. The van der Waals surface area contributed by atoms with E-state index in [9.17, 15) is 4.79 Å². The molecule has 98 valence electrons. The van der Waals surface area contributed by atoms with Crippen molar-refractivity contribution in [3.05, 3.63) is 28.8 Å². The van der Waals surface area contributed by atoms with E-state index < -0.39 is 0 Å². The molecule has 0 spiro atoms. The van der Waals surface area contributed by atoms with Crippen molar-refractivity contribution in [1.29, 1.82) is 0 Å². The summed E-state index contributed by atoms with van der Waals surface area (Å²) in [6, 6.07) is 4.04. The lowest BCUT2D eigenvalue weighted by Gasteiger charge is -2.22. The first-order valence-electron chi connectivity index (χ1n) is 6.83. The van der Waals surface area contributed by atoms with E-state index >= 15 is 0 Å². The molecule has 0 aromatic heterocycles. The molecule has 2 heteroatoms. The maximum Gasteiger partial charge on any atom is 0.169 e. The van der Waals surface area contributed by atoms with Crippen molar-refractivity contribution in [2.45, 2.75) is 46.0 Å². The number of aryl methyl sites for hydroxylation is 2. The van der Waals surface area contributed by atoms with Crippen LogP contribution in [0.4, 0.5) is 0 Å². The zero-order valence-corrected chi connectivity index (χ0v) is 11.6. The number of hydrogen-bond donors (Lipinski definition) is 0. The highest BCUT2D eigenvalue weighted by atomic mass is 16.5. The summed E-state index contributed by atoms with van der Waals surface area (Å²) in [6.07, 6.45) is 5.71. The van der Waals surface area contributed by atoms with Gasteiger partial charge in [-0.3, -0.25) is 4.79 Å². The van der Waals surface area contributed by atoms with Gasteiger partial charge in [0.2, 0.25) is 0 Å². The molecular weight excluding hydrogens is 224 g/mol. The number of ether oxygens (including phenoxy) is 1. The van der Waals surface area contributed by atoms with E-state index in [4.69, 9.17) is 4.74 Å². The Morgan fingerprint density at radius 1 is 1.17 bits per heavy atom. The fourth-order valence-electron chi connectivity index (χ4n) is 2.99. The molecule has 0 unspecified atom stereocenters. The Labute approximate surface area is 109 Å². The predicted molar refractivity (Wildman–Crippen MR) is 73.4 cm³/mol. The van der Waals surface area contributed by atoms with Gasteiger partial charge in [0, 0.05) is 5.92 Å². The Bertz CT molecular complexity index is 443. The molecule has 18 heavy (non-hydrogen) atoms. The van der Waals surface area contributed by atoms with E-state index in [1.807, 2.05) is 19.9 Å². The van der Waals surface area contributed by atoms with Crippen molar-refractivity contribution in [2.75, 3.05) is 7.11 Å².